The molecule has 1 rings (SSSR count). The van der Waals surface area contributed by atoms with Crippen molar-refractivity contribution in [1.82, 2.24) is 5.32 Å². The van der Waals surface area contributed by atoms with Gasteiger partial charge < -0.3 is 5.32 Å². The Kier molecular flexibility index (Phi) is 3.56. The summed E-state index contributed by atoms with van der Waals surface area (Å²) in [6.45, 7) is 1.66. The van der Waals surface area contributed by atoms with Crippen LogP contribution in [-0.2, 0) is 4.79 Å². The van der Waals surface area contributed by atoms with Gasteiger partial charge in [-0.15, -0.1) is 0 Å². The molecular formula is C10H11F2NO. The third kappa shape index (κ3) is 2.80. The molecule has 0 spiro atoms. The molecule has 2 nitrogen and oxygen atoms in total. The van der Waals surface area contributed by atoms with E-state index >= 15 is 0 Å². The zero-order chi connectivity index (χ0) is 10.6. The summed E-state index contributed by atoms with van der Waals surface area (Å²) < 4.78 is 23.8. The number of amides is 1. The monoisotopic (exact) mass is 199 g/mol. The molecule has 0 radical (unpaired) electrons. The first-order valence-electron chi connectivity index (χ1n) is 4.24. The van der Waals surface area contributed by atoms with E-state index in [0.29, 0.717) is 0 Å². The van der Waals surface area contributed by atoms with Crippen LogP contribution in [-0.4, -0.2) is 12.3 Å². The Balaban J connectivity index is 2.59. The molecule has 14 heavy (non-hydrogen) atoms. The lowest BCUT2D eigenvalue weighted by Crippen LogP contribution is -2.31. The fourth-order valence-corrected chi connectivity index (χ4v) is 1.10. The molecule has 0 saturated carbocycles. The largest absolute Gasteiger partial charge is 0.345 e. The minimum Gasteiger partial charge on any atom is -0.345 e. The molecule has 1 N–H and O–H groups in total. The zero-order valence-electron chi connectivity index (χ0n) is 7.71. The van der Waals surface area contributed by atoms with Crippen LogP contribution >= 0.6 is 0 Å². The molecule has 1 aromatic rings. The Hall–Kier alpha value is -1.45. The first-order chi connectivity index (χ1) is 6.61. The highest BCUT2D eigenvalue weighted by atomic mass is 19.3. The molecule has 4 heteroatoms. The summed E-state index contributed by atoms with van der Waals surface area (Å²) in [4.78, 5) is 10.7. The number of halogens is 2. The van der Waals surface area contributed by atoms with E-state index in [4.69, 9.17) is 0 Å². The fourth-order valence-electron chi connectivity index (χ4n) is 1.10. The molecule has 1 amide bonds. The van der Waals surface area contributed by atoms with Crippen LogP contribution in [0.1, 0.15) is 18.5 Å². The van der Waals surface area contributed by atoms with Gasteiger partial charge in [0.1, 0.15) is 0 Å². The second-order valence-electron chi connectivity index (χ2n) is 2.94. The Morgan fingerprint density at radius 2 is 1.86 bits per heavy atom. The van der Waals surface area contributed by atoms with E-state index in [1.54, 1.807) is 31.2 Å². The molecule has 0 fully saturated rings. The third-order valence-corrected chi connectivity index (χ3v) is 1.86. The van der Waals surface area contributed by atoms with Crippen molar-refractivity contribution in [2.75, 3.05) is 0 Å². The van der Waals surface area contributed by atoms with Gasteiger partial charge >= 0.3 is 6.43 Å². The van der Waals surface area contributed by atoms with Crippen LogP contribution in [0.15, 0.2) is 30.3 Å². The van der Waals surface area contributed by atoms with Crippen molar-refractivity contribution in [2.45, 2.75) is 19.4 Å². The zero-order valence-corrected chi connectivity index (χ0v) is 7.71. The van der Waals surface area contributed by atoms with Crippen LogP contribution in [0.3, 0.4) is 0 Å². The summed E-state index contributed by atoms with van der Waals surface area (Å²) in [6, 6.07) is 8.57. The number of alkyl halides is 2. The average Bonchev–Trinajstić information content (AvgIpc) is 2.19. The molecule has 0 aliphatic carbocycles. The summed E-state index contributed by atoms with van der Waals surface area (Å²) in [7, 11) is 0. The summed E-state index contributed by atoms with van der Waals surface area (Å²) in [5, 5.41) is 2.21. The molecule has 0 bridgehead atoms. The minimum absolute atomic E-state index is 0.391. The first kappa shape index (κ1) is 10.6. The Morgan fingerprint density at radius 1 is 1.29 bits per heavy atom. The van der Waals surface area contributed by atoms with Crippen LogP contribution in [0, 0.1) is 0 Å². The summed E-state index contributed by atoms with van der Waals surface area (Å²) in [5.41, 5.74) is 0.807. The second kappa shape index (κ2) is 4.69. The SMILES string of the molecule is C[C@H](NC(=O)C(F)F)c1ccccc1. The number of carbonyl (C=O) groups excluding carboxylic acids is 1. The van der Waals surface area contributed by atoms with Crippen LogP contribution < -0.4 is 5.32 Å². The highest BCUT2D eigenvalue weighted by Crippen LogP contribution is 2.11. The van der Waals surface area contributed by atoms with Crippen LogP contribution in [0.4, 0.5) is 8.78 Å². The smallest absolute Gasteiger partial charge is 0.315 e. The van der Waals surface area contributed by atoms with E-state index in [9.17, 15) is 13.6 Å². The van der Waals surface area contributed by atoms with Crippen molar-refractivity contribution in [3.05, 3.63) is 35.9 Å². The average molecular weight is 199 g/mol. The standard InChI is InChI=1S/C10H11F2NO/c1-7(13-10(14)9(11)12)8-5-3-2-4-6-8/h2-7,9H,1H3,(H,13,14)/t7-/m0/s1. The third-order valence-electron chi connectivity index (χ3n) is 1.86. The molecule has 0 aromatic heterocycles. The normalized spacial score (nSPS) is 12.6. The predicted molar refractivity (Wildman–Crippen MR) is 49.0 cm³/mol. The molecule has 0 heterocycles. The summed E-state index contributed by atoms with van der Waals surface area (Å²) in [5.74, 6) is -1.23. The lowest BCUT2D eigenvalue weighted by molar-refractivity contribution is -0.132. The molecule has 76 valence electrons. The van der Waals surface area contributed by atoms with Crippen molar-refractivity contribution < 1.29 is 13.6 Å². The van der Waals surface area contributed by atoms with Crippen molar-refractivity contribution in [3.8, 4) is 0 Å². The molecule has 0 saturated heterocycles. The van der Waals surface area contributed by atoms with Crippen LogP contribution in [0.5, 0.6) is 0 Å². The van der Waals surface area contributed by atoms with Gasteiger partial charge in [0.2, 0.25) is 0 Å². The van der Waals surface area contributed by atoms with Crippen molar-refractivity contribution in [1.29, 1.82) is 0 Å². The maximum atomic E-state index is 11.9. The molecular weight excluding hydrogens is 188 g/mol. The van der Waals surface area contributed by atoms with Gasteiger partial charge in [-0.05, 0) is 12.5 Å². The van der Waals surface area contributed by atoms with Gasteiger partial charge in [-0.2, -0.15) is 8.78 Å². The quantitative estimate of drug-likeness (QED) is 0.793. The molecule has 0 unspecified atom stereocenters. The lowest BCUT2D eigenvalue weighted by Gasteiger charge is -2.13. The minimum atomic E-state index is -2.96. The molecule has 0 aliphatic heterocycles. The Labute approximate surface area is 80.9 Å². The molecule has 1 atom stereocenters. The Bertz CT molecular complexity index is 300. The fraction of sp³-hybridized carbons (Fsp3) is 0.300. The first-order valence-corrected chi connectivity index (χ1v) is 4.24. The van der Waals surface area contributed by atoms with Gasteiger partial charge in [0.25, 0.3) is 5.91 Å². The van der Waals surface area contributed by atoms with E-state index in [1.807, 2.05) is 6.07 Å². The number of nitrogens with one attached hydrogen (secondary N) is 1. The highest BCUT2D eigenvalue weighted by molar-refractivity contribution is 5.79. The van der Waals surface area contributed by atoms with Gasteiger partial charge in [0.15, 0.2) is 0 Å². The number of rotatable bonds is 3. The van der Waals surface area contributed by atoms with E-state index in [-0.39, 0.29) is 0 Å². The van der Waals surface area contributed by atoms with E-state index in [1.165, 1.54) is 0 Å². The van der Waals surface area contributed by atoms with Crippen molar-refractivity contribution in [2.24, 2.45) is 0 Å². The second-order valence-corrected chi connectivity index (χ2v) is 2.94. The van der Waals surface area contributed by atoms with E-state index < -0.39 is 18.4 Å². The Morgan fingerprint density at radius 3 is 2.36 bits per heavy atom. The predicted octanol–water partition coefficient (Wildman–Crippen LogP) is 2.13. The van der Waals surface area contributed by atoms with Crippen LogP contribution in [0.2, 0.25) is 0 Å². The topological polar surface area (TPSA) is 29.1 Å². The number of hydrogen-bond acceptors (Lipinski definition) is 1. The van der Waals surface area contributed by atoms with Crippen molar-refractivity contribution in [3.63, 3.8) is 0 Å². The van der Waals surface area contributed by atoms with Gasteiger partial charge in [-0.3, -0.25) is 4.79 Å². The summed E-state index contributed by atoms with van der Waals surface area (Å²) in [6.07, 6.45) is -2.96. The van der Waals surface area contributed by atoms with E-state index in [0.717, 1.165) is 5.56 Å². The van der Waals surface area contributed by atoms with Gasteiger partial charge in [0, 0.05) is 0 Å². The number of carbonyl (C=O) groups is 1. The maximum Gasteiger partial charge on any atom is 0.315 e. The van der Waals surface area contributed by atoms with Crippen LogP contribution in [0.25, 0.3) is 0 Å². The number of hydrogen-bond donors (Lipinski definition) is 1. The number of benzene rings is 1. The van der Waals surface area contributed by atoms with Gasteiger partial charge in [-0.25, -0.2) is 0 Å². The lowest BCUT2D eigenvalue weighted by atomic mass is 10.1. The molecule has 1 aromatic carbocycles. The van der Waals surface area contributed by atoms with Crippen molar-refractivity contribution >= 4 is 5.91 Å². The van der Waals surface area contributed by atoms with Gasteiger partial charge in [-0.1, -0.05) is 30.3 Å². The highest BCUT2D eigenvalue weighted by Gasteiger charge is 2.17. The maximum absolute atomic E-state index is 11.9. The summed E-state index contributed by atoms with van der Waals surface area (Å²) >= 11 is 0. The van der Waals surface area contributed by atoms with E-state index in [2.05, 4.69) is 5.32 Å². The molecule has 0 aliphatic rings. The van der Waals surface area contributed by atoms with Gasteiger partial charge in [0.05, 0.1) is 6.04 Å².